The summed E-state index contributed by atoms with van der Waals surface area (Å²) in [5.41, 5.74) is 14.3. The van der Waals surface area contributed by atoms with Gasteiger partial charge in [-0.2, -0.15) is 13.6 Å². The fourth-order valence-electron chi connectivity index (χ4n) is 4.97. The summed E-state index contributed by atoms with van der Waals surface area (Å²) < 4.78 is 74.9. The van der Waals surface area contributed by atoms with E-state index in [1.807, 2.05) is 0 Å². The molecule has 30 heteroatoms. The second-order valence-corrected chi connectivity index (χ2v) is 16.7. The Morgan fingerprint density at radius 3 is 2.59 bits per heavy atom. The number of hydrogen-bond donors (Lipinski definition) is 7. The van der Waals surface area contributed by atoms with Crippen LogP contribution in [0.3, 0.4) is 0 Å². The summed E-state index contributed by atoms with van der Waals surface area (Å²) in [6, 6.07) is 6.27. The summed E-state index contributed by atoms with van der Waals surface area (Å²) in [6.45, 7) is 0.0133. The Morgan fingerprint density at radius 2 is 1.90 bits per heavy atom. The van der Waals surface area contributed by atoms with Crippen LogP contribution in [-0.2, 0) is 55.4 Å². The van der Waals surface area contributed by atoms with Crippen molar-refractivity contribution in [2.45, 2.75) is 50.8 Å². The molecule has 1 aromatic carbocycles. The van der Waals surface area contributed by atoms with Crippen LogP contribution in [0.5, 0.6) is 5.75 Å². The number of hydrogen-bond acceptors (Lipinski definition) is 18. The molecule has 5 unspecified atom stereocenters. The fraction of sp³-hybridized carbons (Fsp3) is 0.516. The van der Waals surface area contributed by atoms with Crippen LogP contribution in [0.25, 0.3) is 10.4 Å². The number of phosphoric acid groups is 3. The van der Waals surface area contributed by atoms with Crippen molar-refractivity contribution in [2.75, 3.05) is 59.0 Å². The SMILES string of the molecule is CO[C@H]1CC(n2cc(C#CCNC(=O)COCCOC(COc3cccc(C(=O)NCCCC(C)=O)c3)N=[N+]=[N-])c(N)nc2=O)OC1COP(=O)(O)OP(=O)(O)OP(=O)(O)O. The number of carbonyl (C=O) groups is 3. The van der Waals surface area contributed by atoms with Gasteiger partial charge in [-0.25, -0.2) is 18.5 Å². The number of azide groups is 1. The van der Waals surface area contributed by atoms with Gasteiger partial charge in [0.1, 0.15) is 42.9 Å². The maximum atomic E-state index is 12.7. The van der Waals surface area contributed by atoms with Gasteiger partial charge in [-0.1, -0.05) is 23.0 Å². The minimum absolute atomic E-state index is 0.0266. The Kier molecular flexibility index (Phi) is 20.1. The van der Waals surface area contributed by atoms with Crippen molar-refractivity contribution in [3.8, 4) is 17.6 Å². The van der Waals surface area contributed by atoms with Crippen molar-refractivity contribution >= 4 is 46.9 Å². The van der Waals surface area contributed by atoms with E-state index in [1.54, 1.807) is 18.2 Å². The number of nitrogen functional groups attached to an aromatic ring is 1. The molecule has 336 valence electrons. The van der Waals surface area contributed by atoms with E-state index in [4.69, 9.17) is 44.7 Å². The molecule has 1 aromatic heterocycles. The number of ketones is 1. The largest absolute Gasteiger partial charge is 0.491 e. The third-order valence-corrected chi connectivity index (χ3v) is 11.4. The predicted molar refractivity (Wildman–Crippen MR) is 206 cm³/mol. The fourth-order valence-corrected chi connectivity index (χ4v) is 8.00. The Bertz CT molecular complexity index is 2170. The summed E-state index contributed by atoms with van der Waals surface area (Å²) >= 11 is 0. The third-order valence-electron chi connectivity index (χ3n) is 7.62. The molecule has 1 aliphatic rings. The molecule has 0 spiro atoms. The van der Waals surface area contributed by atoms with E-state index >= 15 is 0 Å². The van der Waals surface area contributed by atoms with Gasteiger partial charge in [0.05, 0.1) is 38.0 Å². The highest BCUT2D eigenvalue weighted by atomic mass is 31.3. The monoisotopic (exact) mass is 924 g/mol. The first kappa shape index (κ1) is 50.8. The number of aromatic nitrogens is 2. The first-order valence-electron chi connectivity index (χ1n) is 17.6. The Balaban J connectivity index is 1.44. The number of Topliss-reactive ketones (excluding diaryl/α,β-unsaturated/α-hetero) is 1. The van der Waals surface area contributed by atoms with E-state index in [1.165, 1.54) is 26.3 Å². The van der Waals surface area contributed by atoms with Crippen LogP contribution in [-0.4, -0.2) is 118 Å². The molecule has 0 aliphatic carbocycles. The number of benzene rings is 1. The van der Waals surface area contributed by atoms with Crippen LogP contribution >= 0.6 is 23.5 Å². The van der Waals surface area contributed by atoms with Crippen molar-refractivity contribution in [1.82, 2.24) is 20.2 Å². The molecule has 27 nitrogen and oxygen atoms in total. The predicted octanol–water partition coefficient (Wildman–Crippen LogP) is 0.787. The smallest absolute Gasteiger partial charge is 0.490 e. The lowest BCUT2D eigenvalue weighted by Crippen LogP contribution is -2.29. The molecule has 2 heterocycles. The minimum atomic E-state index is -5.76. The topological polar surface area (TPSA) is 391 Å². The second-order valence-electron chi connectivity index (χ2n) is 12.3. The number of methoxy groups -OCH3 is 1. The van der Waals surface area contributed by atoms with Crippen LogP contribution in [0, 0.1) is 11.8 Å². The number of nitrogens with one attached hydrogen (secondary N) is 2. The highest BCUT2D eigenvalue weighted by molar-refractivity contribution is 7.66. The van der Waals surface area contributed by atoms with Gasteiger partial charge >= 0.3 is 29.2 Å². The molecular weight excluding hydrogens is 881 g/mol. The molecule has 8 N–H and O–H groups in total. The molecule has 61 heavy (non-hydrogen) atoms. The van der Waals surface area contributed by atoms with Gasteiger partial charge in [-0.3, -0.25) is 18.7 Å². The van der Waals surface area contributed by atoms with Crippen LogP contribution in [0.2, 0.25) is 0 Å². The Morgan fingerprint density at radius 1 is 1.15 bits per heavy atom. The van der Waals surface area contributed by atoms with Crippen LogP contribution in [0.15, 0.2) is 40.4 Å². The van der Waals surface area contributed by atoms with E-state index in [9.17, 15) is 42.7 Å². The summed E-state index contributed by atoms with van der Waals surface area (Å²) in [5.74, 6) is 4.46. The zero-order valence-corrected chi connectivity index (χ0v) is 35.0. The number of phosphoric ester groups is 1. The number of amides is 2. The van der Waals surface area contributed by atoms with Gasteiger partial charge in [-0.05, 0) is 37.1 Å². The Labute approximate surface area is 346 Å². The Hall–Kier alpha value is -4.57. The van der Waals surface area contributed by atoms with E-state index in [0.29, 0.717) is 30.7 Å². The number of ether oxygens (including phenoxy) is 5. The number of anilines is 1. The minimum Gasteiger partial charge on any atom is -0.491 e. The van der Waals surface area contributed by atoms with Gasteiger partial charge in [0.25, 0.3) is 5.91 Å². The first-order chi connectivity index (χ1) is 28.7. The van der Waals surface area contributed by atoms with E-state index in [2.05, 4.69) is 50.6 Å². The van der Waals surface area contributed by atoms with E-state index < -0.39 is 72.9 Å². The van der Waals surface area contributed by atoms with Gasteiger partial charge in [-0.15, -0.1) is 0 Å². The summed E-state index contributed by atoms with van der Waals surface area (Å²) in [5, 5.41) is 8.72. The molecule has 0 radical (unpaired) electrons. The van der Waals surface area contributed by atoms with Gasteiger partial charge in [0.2, 0.25) is 5.91 Å². The zero-order chi connectivity index (χ0) is 45.2. The van der Waals surface area contributed by atoms with E-state index in [0.717, 1.165) is 4.57 Å². The molecule has 0 bridgehead atoms. The van der Waals surface area contributed by atoms with Gasteiger partial charge < -0.3 is 64.4 Å². The van der Waals surface area contributed by atoms with Gasteiger partial charge in [0.15, 0.2) is 6.23 Å². The molecule has 2 amide bonds. The molecule has 0 saturated carbocycles. The van der Waals surface area contributed by atoms with Gasteiger partial charge in [0, 0.05) is 43.2 Å². The molecular formula is C31H43N8O19P3. The summed E-state index contributed by atoms with van der Waals surface area (Å²) in [4.78, 5) is 91.3. The maximum Gasteiger partial charge on any atom is 0.490 e. The number of carbonyl (C=O) groups excluding carboxylic acids is 3. The first-order valence-corrected chi connectivity index (χ1v) is 22.1. The lowest BCUT2D eigenvalue weighted by atomic mass is 10.2. The lowest BCUT2D eigenvalue weighted by molar-refractivity contribution is -0.126. The average Bonchev–Trinajstić information content (AvgIpc) is 3.58. The second kappa shape index (κ2) is 24.2. The molecule has 1 saturated heterocycles. The number of nitrogens with zero attached hydrogens (tertiary/aromatic N) is 5. The third kappa shape index (κ3) is 18.9. The molecule has 6 atom stereocenters. The van der Waals surface area contributed by atoms with Crippen LogP contribution < -0.4 is 26.8 Å². The summed E-state index contributed by atoms with van der Waals surface area (Å²) in [6.07, 6.45) is -2.26. The quantitative estimate of drug-likeness (QED) is 0.0181. The zero-order valence-electron chi connectivity index (χ0n) is 32.3. The summed E-state index contributed by atoms with van der Waals surface area (Å²) in [7, 11) is -15.6. The standard InChI is InChI=1S/C31H43N8O19P3/c1-20(40)6-4-11-35-30(42)21-7-3-9-23(14-21)54-19-27(37-38-33)53-13-12-52-18-26(41)34-10-5-8-22-16-39(31(43)36-29(22)32)28-15-24(51-2)25(56-28)17-55-60(47,48)58-61(49,50)57-59(44,45)46/h3,7,9,14,16,24-25,27-28H,4,6,10-13,15,17-19H2,1-2H3,(H,34,41)(H,35,42)(H,47,48)(H,49,50)(H2,32,36,43)(H2,44,45,46)/t24-,25?,27?,28?/m0/s1. The van der Waals surface area contributed by atoms with Crippen LogP contribution in [0.4, 0.5) is 5.82 Å². The van der Waals surface area contributed by atoms with Crippen molar-refractivity contribution in [3.63, 3.8) is 0 Å². The normalized spacial score (nSPS) is 18.6. The maximum absolute atomic E-state index is 12.7. The average molecular weight is 925 g/mol. The number of nitrogens with two attached hydrogens (primary N) is 1. The number of rotatable bonds is 25. The van der Waals surface area contributed by atoms with Crippen molar-refractivity contribution in [1.29, 1.82) is 0 Å². The van der Waals surface area contributed by atoms with Crippen LogP contribution in [0.1, 0.15) is 48.3 Å². The highest BCUT2D eigenvalue weighted by Gasteiger charge is 2.43. The molecule has 3 rings (SSSR count). The molecule has 1 aliphatic heterocycles. The lowest BCUT2D eigenvalue weighted by Gasteiger charge is -2.20. The van der Waals surface area contributed by atoms with Crippen molar-refractivity contribution < 1.29 is 84.5 Å². The molecule has 2 aromatic rings. The highest BCUT2D eigenvalue weighted by Crippen LogP contribution is 2.66. The van der Waals surface area contributed by atoms with E-state index in [-0.39, 0.29) is 55.9 Å². The molecule has 1 fully saturated rings. The van der Waals surface area contributed by atoms with Crippen molar-refractivity contribution in [3.05, 3.63) is 62.5 Å². The van der Waals surface area contributed by atoms with Crippen molar-refractivity contribution in [2.24, 2.45) is 5.11 Å².